The number of nitrogens with one attached hydrogen (secondary N) is 2. The van der Waals surface area contributed by atoms with Gasteiger partial charge in [0.1, 0.15) is 18.0 Å². The van der Waals surface area contributed by atoms with E-state index in [0.29, 0.717) is 12.2 Å². The van der Waals surface area contributed by atoms with Gasteiger partial charge < -0.3 is 14.0 Å². The van der Waals surface area contributed by atoms with Crippen molar-refractivity contribution in [2.24, 2.45) is 5.92 Å². The zero-order valence-electron chi connectivity index (χ0n) is 19.5. The molecule has 0 radical (unpaired) electrons. The topological polar surface area (TPSA) is 138 Å². The fraction of sp³-hybridized carbons (Fsp3) is 0.500. The molecule has 3 rings (SSSR count). The summed E-state index contributed by atoms with van der Waals surface area (Å²) >= 11 is 0. The normalized spacial score (nSPS) is 22.8. The van der Waals surface area contributed by atoms with Crippen molar-refractivity contribution < 1.29 is 27.9 Å². The number of rotatable bonds is 10. The SMILES string of the molecule is CC(C)OC(=O)[C@@H](C)NP(=O)(OC[C@@H]1C[C@H](C)[C@H](n2ccc(=O)[nH]c2=O)O1)Oc1ccccc1. The molecule has 2 N–H and O–H groups in total. The lowest BCUT2D eigenvalue weighted by atomic mass is 10.1. The van der Waals surface area contributed by atoms with Gasteiger partial charge in [0.25, 0.3) is 5.56 Å². The average Bonchev–Trinajstić information content (AvgIpc) is 3.13. The van der Waals surface area contributed by atoms with E-state index in [0.717, 1.165) is 0 Å². The largest absolute Gasteiger partial charge is 0.462 e. The van der Waals surface area contributed by atoms with Crippen molar-refractivity contribution >= 4 is 13.7 Å². The van der Waals surface area contributed by atoms with Crippen molar-refractivity contribution in [2.45, 2.75) is 58.6 Å². The quantitative estimate of drug-likeness (QED) is 0.376. The molecule has 0 saturated carbocycles. The average molecular weight is 495 g/mol. The summed E-state index contributed by atoms with van der Waals surface area (Å²) in [7, 11) is -4.02. The van der Waals surface area contributed by atoms with Gasteiger partial charge in [0.15, 0.2) is 0 Å². The molecule has 1 aliphatic heterocycles. The van der Waals surface area contributed by atoms with Gasteiger partial charge in [-0.3, -0.25) is 23.7 Å². The Kier molecular flexibility index (Phi) is 8.48. The maximum atomic E-state index is 13.6. The first-order chi connectivity index (χ1) is 16.1. The summed E-state index contributed by atoms with van der Waals surface area (Å²) in [5.41, 5.74) is -1.08. The lowest BCUT2D eigenvalue weighted by Gasteiger charge is -2.24. The zero-order chi connectivity index (χ0) is 24.9. The van der Waals surface area contributed by atoms with E-state index >= 15 is 0 Å². The molecule has 0 spiro atoms. The lowest BCUT2D eigenvalue weighted by molar-refractivity contribution is -0.149. The molecule has 1 aliphatic rings. The Morgan fingerprint density at radius 1 is 1.24 bits per heavy atom. The van der Waals surface area contributed by atoms with E-state index in [1.807, 2.05) is 6.92 Å². The van der Waals surface area contributed by atoms with Crippen molar-refractivity contribution in [3.8, 4) is 5.75 Å². The summed E-state index contributed by atoms with van der Waals surface area (Å²) in [6, 6.07) is 8.71. The molecule has 1 unspecified atom stereocenters. The van der Waals surface area contributed by atoms with Crippen LogP contribution in [-0.2, 0) is 23.4 Å². The zero-order valence-corrected chi connectivity index (χ0v) is 20.4. The monoisotopic (exact) mass is 495 g/mol. The molecule has 0 aliphatic carbocycles. The number of para-hydroxylation sites is 1. The standard InChI is InChI=1S/C22H30N3O8P/c1-14(2)31-21(27)16(4)24-34(29,33-17-8-6-5-7-9-17)30-13-18-12-15(3)20(32-18)25-11-10-19(26)23-22(25)28/h5-11,14-16,18,20H,12-13H2,1-4H3,(H,24,29)(H,23,26,28)/t15-,16+,18-,20+,34?/m0/s1. The number of hydrogen-bond acceptors (Lipinski definition) is 8. The molecule has 186 valence electrons. The van der Waals surface area contributed by atoms with Gasteiger partial charge in [-0.15, -0.1) is 0 Å². The smallest absolute Gasteiger partial charge is 0.459 e. The summed E-state index contributed by atoms with van der Waals surface area (Å²) in [5.74, 6) is -0.389. The van der Waals surface area contributed by atoms with E-state index in [1.54, 1.807) is 44.2 Å². The van der Waals surface area contributed by atoms with Crippen LogP contribution >= 0.6 is 7.75 Å². The van der Waals surface area contributed by atoms with Crippen LogP contribution in [0.1, 0.15) is 40.3 Å². The minimum absolute atomic E-state index is 0.0838. The van der Waals surface area contributed by atoms with Crippen molar-refractivity contribution in [1.82, 2.24) is 14.6 Å². The van der Waals surface area contributed by atoms with Crippen molar-refractivity contribution in [2.75, 3.05) is 6.61 Å². The van der Waals surface area contributed by atoms with E-state index in [-0.39, 0.29) is 18.6 Å². The number of carbonyl (C=O) groups excluding carboxylic acids is 1. The number of ether oxygens (including phenoxy) is 2. The minimum atomic E-state index is -4.02. The highest BCUT2D eigenvalue weighted by Crippen LogP contribution is 2.46. The highest BCUT2D eigenvalue weighted by Gasteiger charge is 2.38. The highest BCUT2D eigenvalue weighted by atomic mass is 31.2. The fourth-order valence-corrected chi connectivity index (χ4v) is 5.03. The van der Waals surface area contributed by atoms with Gasteiger partial charge in [-0.25, -0.2) is 9.36 Å². The summed E-state index contributed by atoms with van der Waals surface area (Å²) < 4.78 is 37.3. The van der Waals surface area contributed by atoms with E-state index in [4.69, 9.17) is 18.5 Å². The Morgan fingerprint density at radius 3 is 2.59 bits per heavy atom. The third-order valence-electron chi connectivity index (χ3n) is 5.04. The minimum Gasteiger partial charge on any atom is -0.462 e. The molecule has 2 aromatic rings. The van der Waals surface area contributed by atoms with Gasteiger partial charge >= 0.3 is 19.4 Å². The predicted octanol–water partition coefficient (Wildman–Crippen LogP) is 2.59. The maximum Gasteiger partial charge on any atom is 0.459 e. The highest BCUT2D eigenvalue weighted by molar-refractivity contribution is 7.52. The van der Waals surface area contributed by atoms with Crippen LogP contribution in [-0.4, -0.2) is 40.4 Å². The van der Waals surface area contributed by atoms with Crippen LogP contribution in [0, 0.1) is 5.92 Å². The van der Waals surface area contributed by atoms with Gasteiger partial charge in [-0.1, -0.05) is 25.1 Å². The van der Waals surface area contributed by atoms with Gasteiger partial charge in [-0.05, 0) is 39.3 Å². The first-order valence-electron chi connectivity index (χ1n) is 11.0. The first kappa shape index (κ1) is 25.9. The third kappa shape index (κ3) is 6.89. The van der Waals surface area contributed by atoms with Crippen LogP contribution in [0.5, 0.6) is 5.75 Å². The molecule has 1 saturated heterocycles. The van der Waals surface area contributed by atoms with Gasteiger partial charge in [0, 0.05) is 18.2 Å². The Bertz CT molecular complexity index is 1130. The maximum absolute atomic E-state index is 13.6. The van der Waals surface area contributed by atoms with Crippen LogP contribution in [0.15, 0.2) is 52.2 Å². The molecule has 2 heterocycles. The number of H-pyrrole nitrogens is 1. The van der Waals surface area contributed by atoms with Crippen LogP contribution in [0.25, 0.3) is 0 Å². The Hall–Kier alpha value is -2.72. The van der Waals surface area contributed by atoms with Crippen LogP contribution < -0.4 is 20.9 Å². The molecule has 0 bridgehead atoms. The van der Waals surface area contributed by atoms with Gasteiger partial charge in [0.2, 0.25) is 0 Å². The summed E-state index contributed by atoms with van der Waals surface area (Å²) in [5, 5.41) is 2.63. The second-order valence-electron chi connectivity index (χ2n) is 8.41. The molecule has 5 atom stereocenters. The molecule has 0 amide bonds. The number of hydrogen-bond donors (Lipinski definition) is 2. The summed E-state index contributed by atoms with van der Waals surface area (Å²) in [6.45, 7) is 6.70. The van der Waals surface area contributed by atoms with E-state index in [1.165, 1.54) is 23.8 Å². The van der Waals surface area contributed by atoms with Crippen molar-refractivity contribution in [3.63, 3.8) is 0 Å². The van der Waals surface area contributed by atoms with E-state index < -0.39 is 43.3 Å². The molecule has 1 fully saturated rings. The molecular weight excluding hydrogens is 465 g/mol. The van der Waals surface area contributed by atoms with E-state index in [2.05, 4.69) is 10.1 Å². The Morgan fingerprint density at radius 2 is 1.94 bits per heavy atom. The van der Waals surface area contributed by atoms with Crippen LogP contribution in [0.4, 0.5) is 0 Å². The second kappa shape index (κ2) is 11.1. The number of aromatic nitrogens is 2. The summed E-state index contributed by atoms with van der Waals surface area (Å²) in [4.78, 5) is 37.9. The third-order valence-corrected chi connectivity index (χ3v) is 6.68. The number of aromatic amines is 1. The van der Waals surface area contributed by atoms with Gasteiger partial charge in [0.05, 0.1) is 18.8 Å². The molecule has 1 aromatic heterocycles. The van der Waals surface area contributed by atoms with Crippen molar-refractivity contribution in [1.29, 1.82) is 0 Å². The fourth-order valence-electron chi connectivity index (χ4n) is 3.51. The van der Waals surface area contributed by atoms with Crippen LogP contribution in [0.2, 0.25) is 0 Å². The molecule has 1 aromatic carbocycles. The Balaban J connectivity index is 1.71. The number of carbonyl (C=O) groups is 1. The van der Waals surface area contributed by atoms with Gasteiger partial charge in [-0.2, -0.15) is 5.09 Å². The number of benzene rings is 1. The molecule has 11 nitrogen and oxygen atoms in total. The van der Waals surface area contributed by atoms with Crippen molar-refractivity contribution in [3.05, 3.63) is 63.4 Å². The summed E-state index contributed by atoms with van der Waals surface area (Å²) in [6.07, 6.45) is 0.408. The van der Waals surface area contributed by atoms with Crippen LogP contribution in [0.3, 0.4) is 0 Å². The molecular formula is C22H30N3O8P. The molecule has 12 heteroatoms. The first-order valence-corrected chi connectivity index (χ1v) is 12.5. The Labute approximate surface area is 197 Å². The van der Waals surface area contributed by atoms with E-state index in [9.17, 15) is 18.9 Å². The number of esters is 1. The lowest BCUT2D eigenvalue weighted by Crippen LogP contribution is -2.36. The predicted molar refractivity (Wildman–Crippen MR) is 123 cm³/mol. The molecule has 34 heavy (non-hydrogen) atoms. The second-order valence-corrected chi connectivity index (χ2v) is 10.1. The number of nitrogens with zero attached hydrogens (tertiary/aromatic N) is 1.